The van der Waals surface area contributed by atoms with E-state index in [1.54, 1.807) is 38.5 Å². The molecule has 4 atom stereocenters. The number of nitrogens with one attached hydrogen (secondary N) is 5. The third-order valence-electron chi connectivity index (χ3n) is 29.5. The Morgan fingerprint density at radius 1 is 0.286 bits per heavy atom. The molecule has 7 aliphatic rings. The number of likely N-dealkylation sites (N-methyl/N-ethyl adjacent to an activating group) is 1. The van der Waals surface area contributed by atoms with Crippen molar-refractivity contribution < 1.29 is 27.0 Å². The van der Waals surface area contributed by atoms with Crippen LogP contribution >= 0.6 is 0 Å². The average Bonchev–Trinajstić information content (AvgIpc) is 0.767. The molecule has 3 aliphatic heterocycles. The third-order valence-corrected chi connectivity index (χ3v) is 29.5. The van der Waals surface area contributed by atoms with Crippen molar-refractivity contribution in [1.82, 2.24) is 69.7 Å². The predicted octanol–water partition coefficient (Wildman–Crippen LogP) is 22.9. The second-order valence-electron chi connectivity index (χ2n) is 39.1. The number of unbranched alkanes of at least 4 members (excludes halogenated alkanes) is 1. The number of methoxy groups -OCH3 is 2. The number of aromatic nitrogens is 8. The summed E-state index contributed by atoms with van der Waals surface area (Å²) in [5, 5.41) is 17.0. The van der Waals surface area contributed by atoms with Crippen LogP contribution in [-0.2, 0) is 60.8 Å². The van der Waals surface area contributed by atoms with Gasteiger partial charge in [-0.2, -0.15) is 0 Å². The zero-order valence-corrected chi connectivity index (χ0v) is 83.8. The summed E-state index contributed by atoms with van der Waals surface area (Å²) in [7, 11) is 5.69. The number of halogens is 4. The van der Waals surface area contributed by atoms with Crippen molar-refractivity contribution in [3.8, 4) is 45.0 Å². The van der Waals surface area contributed by atoms with Crippen molar-refractivity contribution >= 4 is 46.5 Å². The maximum atomic E-state index is 14.8. The van der Waals surface area contributed by atoms with E-state index in [2.05, 4.69) is 218 Å². The Bertz CT molecular complexity index is 7190. The van der Waals surface area contributed by atoms with Crippen molar-refractivity contribution in [2.75, 3.05) is 160 Å². The van der Waals surface area contributed by atoms with Gasteiger partial charge in [0.1, 0.15) is 23.3 Å². The van der Waals surface area contributed by atoms with Gasteiger partial charge in [0.15, 0.2) is 0 Å². The van der Waals surface area contributed by atoms with Crippen molar-refractivity contribution in [2.45, 2.75) is 87.9 Å². The first-order valence-electron chi connectivity index (χ1n) is 51.8. The van der Waals surface area contributed by atoms with Crippen molar-refractivity contribution in [2.24, 2.45) is 0 Å². The van der Waals surface area contributed by atoms with E-state index in [1.807, 2.05) is 128 Å². The lowest BCUT2D eigenvalue weighted by Gasteiger charge is -2.34. The number of nitrogens with zero attached hydrogens (tertiary/aromatic N) is 13. The van der Waals surface area contributed by atoms with E-state index < -0.39 is 0 Å². The highest BCUT2D eigenvalue weighted by Crippen LogP contribution is 2.48. The fraction of sp³-hybridized carbons (Fsp3) is 0.285. The van der Waals surface area contributed by atoms with Crippen LogP contribution in [0.2, 0.25) is 0 Å². The van der Waals surface area contributed by atoms with Gasteiger partial charge in [0.25, 0.3) is 0 Å². The first-order valence-corrected chi connectivity index (χ1v) is 51.8. The summed E-state index contributed by atoms with van der Waals surface area (Å²) in [6.07, 6.45) is 16.4. The lowest BCUT2D eigenvalue weighted by atomic mass is 9.78. The largest absolute Gasteiger partial charge is 0.385 e. The van der Waals surface area contributed by atoms with E-state index >= 15 is 0 Å². The number of benzene rings is 12. The van der Waals surface area contributed by atoms with Crippen molar-refractivity contribution in [3.05, 3.63) is 428 Å². The molecular formula is C123H126F4N18O2. The van der Waals surface area contributed by atoms with Crippen LogP contribution in [0.3, 0.4) is 0 Å². The highest BCUT2D eigenvalue weighted by molar-refractivity contribution is 5.78. The minimum atomic E-state index is -0.174. The number of hydrogen-bond acceptors (Lipinski definition) is 20. The molecule has 5 N–H and O–H groups in total. The molecule has 0 saturated carbocycles. The summed E-state index contributed by atoms with van der Waals surface area (Å²) in [5.74, 6) is 1.39. The summed E-state index contributed by atoms with van der Waals surface area (Å²) in [4.78, 5) is 50.6. The Balaban J connectivity index is 0.000000119. The van der Waals surface area contributed by atoms with Gasteiger partial charge >= 0.3 is 0 Å². The molecule has 0 spiro atoms. The molecule has 7 heterocycles. The maximum Gasteiger partial charge on any atom is 0.227 e. The second-order valence-corrected chi connectivity index (χ2v) is 39.1. The monoisotopic (exact) mass is 1960 g/mol. The van der Waals surface area contributed by atoms with Gasteiger partial charge < -0.3 is 55.7 Å². The van der Waals surface area contributed by atoms with Crippen LogP contribution in [0.5, 0.6) is 0 Å². The van der Waals surface area contributed by atoms with Gasteiger partial charge in [-0.05, 0) is 233 Å². The molecule has 4 aromatic heterocycles. The molecule has 24 heteroatoms. The Hall–Kier alpha value is -14.4. The molecule has 4 aliphatic carbocycles. The summed E-state index contributed by atoms with van der Waals surface area (Å²) in [5.41, 5.74) is 28.4. The van der Waals surface area contributed by atoms with E-state index in [0.717, 1.165) is 280 Å². The summed E-state index contributed by atoms with van der Waals surface area (Å²) >= 11 is 0. The third kappa shape index (κ3) is 24.8. The number of anilines is 8. The quantitative estimate of drug-likeness (QED) is 0.0219. The Morgan fingerprint density at radius 3 is 0.850 bits per heavy atom. The van der Waals surface area contributed by atoms with Gasteiger partial charge in [0.05, 0.1) is 29.4 Å². The fourth-order valence-electron chi connectivity index (χ4n) is 21.6. The minimum absolute atomic E-state index is 0.0512. The molecule has 0 radical (unpaired) electrons. The Morgan fingerprint density at radius 2 is 0.551 bits per heavy atom. The van der Waals surface area contributed by atoms with Crippen LogP contribution in [0, 0.1) is 23.3 Å². The Labute approximate surface area is 859 Å². The normalized spacial score (nSPS) is 16.7. The van der Waals surface area contributed by atoms with Gasteiger partial charge in [0.2, 0.25) is 23.8 Å². The molecule has 0 unspecified atom stereocenters. The van der Waals surface area contributed by atoms with E-state index in [0.29, 0.717) is 60.6 Å². The van der Waals surface area contributed by atoms with Crippen LogP contribution in [0.15, 0.2) is 316 Å². The number of piperazine rings is 3. The summed E-state index contributed by atoms with van der Waals surface area (Å²) < 4.78 is 69.2. The van der Waals surface area contributed by atoms with Crippen LogP contribution in [0.1, 0.15) is 126 Å². The smallest absolute Gasteiger partial charge is 0.227 e. The average molecular weight is 1960 g/mol. The maximum absolute atomic E-state index is 14.8. The lowest BCUT2D eigenvalue weighted by Crippen LogP contribution is -2.47. The Kier molecular flexibility index (Phi) is 32.8. The molecule has 748 valence electrons. The highest BCUT2D eigenvalue weighted by atomic mass is 19.1. The minimum Gasteiger partial charge on any atom is -0.385 e. The highest BCUT2D eigenvalue weighted by Gasteiger charge is 2.35. The molecule has 147 heavy (non-hydrogen) atoms. The van der Waals surface area contributed by atoms with E-state index in [9.17, 15) is 17.6 Å². The summed E-state index contributed by atoms with van der Waals surface area (Å²) in [6, 6.07) is 95.0. The van der Waals surface area contributed by atoms with Crippen LogP contribution in [0.25, 0.3) is 45.0 Å². The first kappa shape index (κ1) is 99.9. The topological polar surface area (TPSA) is 198 Å². The number of ether oxygens (including phenoxy) is 2. The molecule has 12 aromatic carbocycles. The van der Waals surface area contributed by atoms with Crippen molar-refractivity contribution in [1.29, 1.82) is 0 Å². The number of fused-ring (bicyclic) bond motifs is 12. The van der Waals surface area contributed by atoms with Gasteiger partial charge in [-0.1, -0.05) is 218 Å². The second kappa shape index (κ2) is 48.3. The van der Waals surface area contributed by atoms with Gasteiger partial charge in [-0.15, -0.1) is 0 Å². The number of aryl methyl sites for hydroxylation is 1. The molecular weight excluding hydrogens is 1840 g/mol. The first-order chi connectivity index (χ1) is 72.3. The number of rotatable bonds is 29. The summed E-state index contributed by atoms with van der Waals surface area (Å²) in [6.45, 7) is 19.1. The fourth-order valence-corrected chi connectivity index (χ4v) is 21.6. The van der Waals surface area contributed by atoms with Gasteiger partial charge in [0, 0.05) is 219 Å². The standard InChI is InChI=1S/C33H36FN5O.C31H32FN5.C30H30FN5.C29H28FN3O/c1-40-20-19-39-17-15-38(16-18-39)14-13-24-7-6-8-26(21-24)36-33-35-23-25-22-30(28-10-4-5-12-31(28)34)27-9-2-3-11-29(27)32(25)37-33;1-36-15-17-37(18-16-36)14-13-22-7-6-8-24(19-22)34-31-33-21-23-20-28(26-10-4-5-12-29(26)32)25-9-2-3-11-27(25)30(23)35-31;31-28-11-4-3-9-25(28)27-19-22-20-33-30(35-29(22)26-10-2-1-8-24(26)27)34-23-7-5-6-21(18-23)12-15-36-16-13-32-14-17-36;1-34-16-7-6-9-20-10-8-11-22(17-20)32-29-31-19-21-18-26(24-13-4-5-15-27(24)30)23-12-2-3-14-25(23)28(21)33-29/h2-12,21,23,30H,13-20,22H2,1H3,(H,35,36,37);2-12,19,21,28H,13-18,20H2,1H3,(H,33,34,35);1-11,18,20,27,32H,12-17,19H2,(H,33,34,35);2-5,8,10-15,17,19,26H,6-7,9,16,18H2,1H3,(H,31,32,33)/t30-;28-;27-;26-/m1111/s1. The molecule has 0 amide bonds. The van der Waals surface area contributed by atoms with E-state index in [4.69, 9.17) is 29.4 Å². The molecule has 16 aromatic rings. The van der Waals surface area contributed by atoms with E-state index in [-0.39, 0.29) is 46.9 Å². The van der Waals surface area contributed by atoms with Crippen LogP contribution < -0.4 is 26.6 Å². The molecule has 0 bridgehead atoms. The SMILES string of the molecule is CN1CCN(CCc2cccc(Nc3ncc4c(n3)-c3ccccc3[C@H](c3ccccc3F)C4)c2)CC1.COCCCCc1cccc(Nc2ncc3c(n2)-c2ccccc2[C@H](c2ccccc2F)C3)c1.COCCN1CCN(CCc2cccc(Nc3ncc4c(n3)-c3ccccc3[C@H](c3ccccc3F)C4)c2)CC1.Fc1ccccc1[C@@H]1Cc2cnc(Nc3cccc(CCN4CCNCC4)c3)nc2-c2ccccc21. The molecule has 3 saturated heterocycles. The molecule has 3 fully saturated rings. The van der Waals surface area contributed by atoms with Crippen molar-refractivity contribution in [3.63, 3.8) is 0 Å². The van der Waals surface area contributed by atoms with Crippen LogP contribution in [0.4, 0.5) is 64.1 Å². The molecule has 20 nitrogen and oxygen atoms in total. The predicted molar refractivity (Wildman–Crippen MR) is 580 cm³/mol. The van der Waals surface area contributed by atoms with Gasteiger partial charge in [-0.25, -0.2) is 57.4 Å². The lowest BCUT2D eigenvalue weighted by molar-refractivity contribution is 0.0976. The van der Waals surface area contributed by atoms with Gasteiger partial charge in [-0.3, -0.25) is 4.90 Å². The van der Waals surface area contributed by atoms with E-state index in [1.165, 1.54) is 46.5 Å². The zero-order chi connectivity index (χ0) is 100. The number of hydrogen-bond donors (Lipinski definition) is 5. The zero-order valence-electron chi connectivity index (χ0n) is 83.8. The van der Waals surface area contributed by atoms with Crippen LogP contribution in [-0.4, -0.2) is 204 Å². The molecule has 23 rings (SSSR count).